The van der Waals surface area contributed by atoms with E-state index >= 15 is 0 Å². The van der Waals surface area contributed by atoms with Gasteiger partial charge in [-0.25, -0.2) is 0 Å². The van der Waals surface area contributed by atoms with Crippen LogP contribution in [0, 0.1) is 0 Å². The molecule has 0 aromatic heterocycles. The highest BCUT2D eigenvalue weighted by Crippen LogP contribution is 2.05. The van der Waals surface area contributed by atoms with Crippen LogP contribution in [-0.2, 0) is 14.3 Å². The van der Waals surface area contributed by atoms with Crippen molar-refractivity contribution in [1.82, 2.24) is 0 Å². The second-order valence-electron chi connectivity index (χ2n) is 3.18. The fourth-order valence-electron chi connectivity index (χ4n) is 1.01. The van der Waals surface area contributed by atoms with Gasteiger partial charge in [-0.2, -0.15) is 0 Å². The molecule has 3 nitrogen and oxygen atoms in total. The molecule has 0 amide bonds. The van der Waals surface area contributed by atoms with Gasteiger partial charge in [-0.3, -0.25) is 4.79 Å². The van der Waals surface area contributed by atoms with E-state index in [9.17, 15) is 4.79 Å². The third-order valence-electron chi connectivity index (χ3n) is 1.62. The monoisotopic (exact) mass is 210 g/mol. The number of carbonyl (C=O) groups is 1. The topological polar surface area (TPSA) is 35.5 Å². The number of hydrogen-bond acceptors (Lipinski definition) is 3. The van der Waals surface area contributed by atoms with Crippen molar-refractivity contribution in [3.05, 3.63) is 29.7 Å². The summed E-state index contributed by atoms with van der Waals surface area (Å²) in [4.78, 5) is 10.8. The Bertz CT molecular complexity index is 283. The van der Waals surface area contributed by atoms with Gasteiger partial charge in [-0.1, -0.05) is 11.8 Å². The molecule has 0 N–H and O–H groups in total. The molecule has 0 saturated carbocycles. The number of rotatable bonds is 6. The van der Waals surface area contributed by atoms with Gasteiger partial charge in [0.2, 0.25) is 0 Å². The van der Waals surface area contributed by atoms with Gasteiger partial charge < -0.3 is 9.47 Å². The van der Waals surface area contributed by atoms with Crippen molar-refractivity contribution in [2.75, 3.05) is 13.7 Å². The Hall–Kier alpha value is -1.31. The van der Waals surface area contributed by atoms with E-state index in [0.717, 1.165) is 18.4 Å². The molecule has 84 valence electrons. The SMILES string of the molecule is C=CCCC(C)=C=C(COC)OC(C)=O. The second kappa shape index (κ2) is 8.04. The van der Waals surface area contributed by atoms with Gasteiger partial charge in [-0.15, -0.1) is 6.58 Å². The van der Waals surface area contributed by atoms with Crippen LogP contribution in [0.15, 0.2) is 29.7 Å². The Morgan fingerprint density at radius 2 is 2.13 bits per heavy atom. The number of ether oxygens (including phenoxy) is 2. The van der Waals surface area contributed by atoms with Gasteiger partial charge in [0.1, 0.15) is 6.61 Å². The highest BCUT2D eigenvalue weighted by molar-refractivity contribution is 5.67. The molecule has 0 unspecified atom stereocenters. The Balaban J connectivity index is 4.60. The van der Waals surface area contributed by atoms with Gasteiger partial charge in [0, 0.05) is 14.0 Å². The first-order valence-corrected chi connectivity index (χ1v) is 4.83. The Morgan fingerprint density at radius 3 is 2.60 bits per heavy atom. The summed E-state index contributed by atoms with van der Waals surface area (Å²) in [5, 5.41) is 0. The molecule has 0 atom stereocenters. The van der Waals surface area contributed by atoms with Gasteiger partial charge in [-0.05, 0) is 25.3 Å². The zero-order chi connectivity index (χ0) is 11.7. The van der Waals surface area contributed by atoms with Crippen molar-refractivity contribution in [3.63, 3.8) is 0 Å². The number of methoxy groups -OCH3 is 1. The van der Waals surface area contributed by atoms with Crippen LogP contribution < -0.4 is 0 Å². The fraction of sp³-hybridized carbons (Fsp3) is 0.500. The molecular weight excluding hydrogens is 192 g/mol. The lowest BCUT2D eigenvalue weighted by Gasteiger charge is -2.03. The maximum atomic E-state index is 10.8. The Labute approximate surface area is 91.1 Å². The minimum atomic E-state index is -0.355. The van der Waals surface area contributed by atoms with Gasteiger partial charge in [0.15, 0.2) is 5.76 Å². The highest BCUT2D eigenvalue weighted by Gasteiger charge is 2.00. The summed E-state index contributed by atoms with van der Waals surface area (Å²) in [5.41, 5.74) is 4.02. The molecule has 0 heterocycles. The standard InChI is InChI=1S/C12H18O3/c1-5-6-7-10(2)8-12(9-14-4)15-11(3)13/h5H,1,6-7,9H2,2-4H3. The van der Waals surface area contributed by atoms with E-state index in [0.29, 0.717) is 5.76 Å². The maximum Gasteiger partial charge on any atom is 0.308 e. The summed E-state index contributed by atoms with van der Waals surface area (Å²) in [6.07, 6.45) is 3.59. The van der Waals surface area contributed by atoms with Crippen molar-refractivity contribution in [3.8, 4) is 0 Å². The molecule has 0 aliphatic heterocycles. The predicted molar refractivity (Wildman–Crippen MR) is 59.3 cm³/mol. The Kier molecular flexibility index (Phi) is 7.33. The molecule has 15 heavy (non-hydrogen) atoms. The third kappa shape index (κ3) is 7.74. The molecule has 0 aliphatic carbocycles. The van der Waals surface area contributed by atoms with Gasteiger partial charge in [0.25, 0.3) is 0 Å². The molecule has 3 heteroatoms. The van der Waals surface area contributed by atoms with Crippen LogP contribution in [0.25, 0.3) is 0 Å². The zero-order valence-electron chi connectivity index (χ0n) is 9.63. The molecular formula is C12H18O3. The molecule has 0 aliphatic rings. The van der Waals surface area contributed by atoms with Gasteiger partial charge >= 0.3 is 5.97 Å². The van der Waals surface area contributed by atoms with Crippen molar-refractivity contribution < 1.29 is 14.3 Å². The number of carbonyl (C=O) groups excluding carboxylic acids is 1. The maximum absolute atomic E-state index is 10.8. The van der Waals surface area contributed by atoms with Gasteiger partial charge in [0.05, 0.1) is 0 Å². The van der Waals surface area contributed by atoms with E-state index in [1.165, 1.54) is 6.92 Å². The van der Waals surface area contributed by atoms with Crippen LogP contribution in [0.4, 0.5) is 0 Å². The number of hydrogen-bond donors (Lipinski definition) is 0. The predicted octanol–water partition coefficient (Wildman–Crippen LogP) is 2.59. The second-order valence-corrected chi connectivity index (χ2v) is 3.18. The van der Waals surface area contributed by atoms with E-state index in [1.54, 1.807) is 7.11 Å². The number of allylic oxidation sites excluding steroid dienone is 1. The minimum absolute atomic E-state index is 0.255. The lowest BCUT2D eigenvalue weighted by atomic mass is 10.2. The normalized spacial score (nSPS) is 9.00. The van der Waals surface area contributed by atoms with E-state index in [4.69, 9.17) is 9.47 Å². The molecule has 0 rings (SSSR count). The average molecular weight is 210 g/mol. The molecule has 0 radical (unpaired) electrons. The van der Waals surface area contributed by atoms with Crippen LogP contribution in [0.1, 0.15) is 26.7 Å². The summed E-state index contributed by atoms with van der Waals surface area (Å²) < 4.78 is 9.84. The molecule has 0 aromatic rings. The zero-order valence-corrected chi connectivity index (χ0v) is 9.63. The summed E-state index contributed by atoms with van der Waals surface area (Å²) in [6, 6.07) is 0. The van der Waals surface area contributed by atoms with E-state index in [1.807, 2.05) is 13.0 Å². The van der Waals surface area contributed by atoms with Crippen LogP contribution in [0.2, 0.25) is 0 Å². The fourth-order valence-corrected chi connectivity index (χ4v) is 1.01. The number of esters is 1. The Morgan fingerprint density at radius 1 is 1.47 bits per heavy atom. The quantitative estimate of drug-likeness (QED) is 0.292. The van der Waals surface area contributed by atoms with E-state index in [2.05, 4.69) is 12.3 Å². The van der Waals surface area contributed by atoms with Crippen molar-refractivity contribution in [2.24, 2.45) is 0 Å². The average Bonchev–Trinajstić information content (AvgIpc) is 2.14. The van der Waals surface area contributed by atoms with Crippen molar-refractivity contribution in [2.45, 2.75) is 26.7 Å². The smallest absolute Gasteiger partial charge is 0.308 e. The van der Waals surface area contributed by atoms with Crippen molar-refractivity contribution >= 4 is 5.97 Å². The first-order valence-electron chi connectivity index (χ1n) is 4.83. The largest absolute Gasteiger partial charge is 0.420 e. The molecule has 0 bridgehead atoms. The van der Waals surface area contributed by atoms with Crippen LogP contribution in [-0.4, -0.2) is 19.7 Å². The molecule has 0 fully saturated rings. The highest BCUT2D eigenvalue weighted by atomic mass is 16.6. The van der Waals surface area contributed by atoms with E-state index in [-0.39, 0.29) is 12.6 Å². The first kappa shape index (κ1) is 13.7. The third-order valence-corrected chi connectivity index (χ3v) is 1.62. The molecule has 0 aromatic carbocycles. The summed E-state index contributed by atoms with van der Waals surface area (Å²) in [6.45, 7) is 7.18. The van der Waals surface area contributed by atoms with E-state index < -0.39 is 0 Å². The first-order chi connectivity index (χ1) is 7.10. The van der Waals surface area contributed by atoms with Crippen LogP contribution >= 0.6 is 0 Å². The lowest BCUT2D eigenvalue weighted by molar-refractivity contribution is -0.137. The molecule has 0 spiro atoms. The van der Waals surface area contributed by atoms with Crippen LogP contribution in [0.5, 0.6) is 0 Å². The van der Waals surface area contributed by atoms with Crippen molar-refractivity contribution in [1.29, 1.82) is 0 Å². The van der Waals surface area contributed by atoms with Crippen LogP contribution in [0.3, 0.4) is 0 Å². The lowest BCUT2D eigenvalue weighted by Crippen LogP contribution is -2.03. The summed E-state index contributed by atoms with van der Waals surface area (Å²) in [5.74, 6) is 0.0673. The molecule has 0 saturated heterocycles. The summed E-state index contributed by atoms with van der Waals surface area (Å²) >= 11 is 0. The minimum Gasteiger partial charge on any atom is -0.420 e. The summed E-state index contributed by atoms with van der Waals surface area (Å²) in [7, 11) is 1.55.